The standard InChI is InChI=1S/C39H46N6O3/c1-48-36-9-7-33(8-10-36)39(20-11-30-5-3-2-4-6-30,45-27-18-32(19-28-45)38(47)43-35-14-23-41-24-15-35)29-44-25-16-31(17-26-44)37(46)42-34-12-21-40-22-13-34/h2-10,12-15,21-24,31-32H,11,16-20,25-29H2,1H3,(H,40,42,46)(H,41,43,47). The van der Waals surface area contributed by atoms with Crippen molar-refractivity contribution in [2.24, 2.45) is 11.8 Å². The summed E-state index contributed by atoms with van der Waals surface area (Å²) in [6.07, 6.45) is 11.9. The van der Waals surface area contributed by atoms with E-state index in [-0.39, 0.29) is 29.2 Å². The Balaban J connectivity index is 1.22. The Bertz CT molecular complexity index is 1590. The molecular weight excluding hydrogens is 600 g/mol. The third-order valence-electron chi connectivity index (χ3n) is 10.1. The minimum Gasteiger partial charge on any atom is -0.497 e. The topological polar surface area (TPSA) is 99.7 Å². The van der Waals surface area contributed by atoms with Gasteiger partial charge in [0.25, 0.3) is 0 Å². The second-order valence-electron chi connectivity index (χ2n) is 13.0. The lowest BCUT2D eigenvalue weighted by molar-refractivity contribution is -0.123. The molecule has 2 aliphatic rings. The van der Waals surface area contributed by atoms with Crippen molar-refractivity contribution in [2.45, 2.75) is 44.1 Å². The van der Waals surface area contributed by atoms with E-state index in [4.69, 9.17) is 4.74 Å². The number of benzene rings is 2. The highest BCUT2D eigenvalue weighted by Gasteiger charge is 2.43. The third kappa shape index (κ3) is 8.27. The molecule has 2 amide bonds. The molecule has 2 aromatic heterocycles. The zero-order chi connectivity index (χ0) is 33.2. The molecule has 1 atom stereocenters. The maximum Gasteiger partial charge on any atom is 0.227 e. The van der Waals surface area contributed by atoms with Crippen LogP contribution in [0.2, 0.25) is 0 Å². The van der Waals surface area contributed by atoms with Gasteiger partial charge < -0.3 is 20.3 Å². The van der Waals surface area contributed by atoms with E-state index in [1.54, 1.807) is 31.9 Å². The summed E-state index contributed by atoms with van der Waals surface area (Å²) in [6.45, 7) is 4.18. The molecule has 1 unspecified atom stereocenters. The molecule has 0 bridgehead atoms. The Hall–Kier alpha value is -4.60. The maximum atomic E-state index is 13.3. The van der Waals surface area contributed by atoms with Crippen LogP contribution < -0.4 is 15.4 Å². The lowest BCUT2D eigenvalue weighted by atomic mass is 9.79. The lowest BCUT2D eigenvalue weighted by Gasteiger charge is -2.50. The molecule has 2 saturated heterocycles. The average molecular weight is 647 g/mol. The number of anilines is 2. The van der Waals surface area contributed by atoms with Crippen LogP contribution in [0.15, 0.2) is 104 Å². The van der Waals surface area contributed by atoms with Crippen molar-refractivity contribution in [2.75, 3.05) is 50.5 Å². The highest BCUT2D eigenvalue weighted by atomic mass is 16.5. The van der Waals surface area contributed by atoms with Gasteiger partial charge in [-0.3, -0.25) is 24.5 Å². The number of aromatic nitrogens is 2. The Morgan fingerprint density at radius 1 is 0.729 bits per heavy atom. The largest absolute Gasteiger partial charge is 0.497 e. The van der Waals surface area contributed by atoms with E-state index in [9.17, 15) is 9.59 Å². The number of hydrogen-bond acceptors (Lipinski definition) is 7. The average Bonchev–Trinajstić information content (AvgIpc) is 3.15. The van der Waals surface area contributed by atoms with Crippen LogP contribution in [0.25, 0.3) is 0 Å². The molecule has 9 heteroatoms. The first-order chi connectivity index (χ1) is 23.5. The first kappa shape index (κ1) is 33.3. The van der Waals surface area contributed by atoms with Gasteiger partial charge in [-0.1, -0.05) is 42.5 Å². The first-order valence-electron chi connectivity index (χ1n) is 17.1. The summed E-state index contributed by atoms with van der Waals surface area (Å²) >= 11 is 0. The van der Waals surface area contributed by atoms with Crippen molar-refractivity contribution in [3.05, 3.63) is 115 Å². The number of carbonyl (C=O) groups excluding carboxylic acids is 2. The summed E-state index contributed by atoms with van der Waals surface area (Å²) in [6, 6.07) is 26.6. The molecule has 4 heterocycles. The Labute approximate surface area is 283 Å². The second kappa shape index (κ2) is 16.0. The van der Waals surface area contributed by atoms with Crippen molar-refractivity contribution < 1.29 is 14.3 Å². The van der Waals surface area contributed by atoms with Gasteiger partial charge in [0.1, 0.15) is 5.75 Å². The number of likely N-dealkylation sites (tertiary alicyclic amines) is 2. The summed E-state index contributed by atoms with van der Waals surface area (Å²) in [7, 11) is 1.70. The quantitative estimate of drug-likeness (QED) is 0.194. The van der Waals surface area contributed by atoms with Crippen molar-refractivity contribution in [1.29, 1.82) is 0 Å². The van der Waals surface area contributed by atoms with E-state index in [1.165, 1.54) is 11.1 Å². The number of carbonyl (C=O) groups is 2. The normalized spacial score (nSPS) is 17.7. The van der Waals surface area contributed by atoms with Crippen LogP contribution in [0.5, 0.6) is 5.75 Å². The molecule has 250 valence electrons. The van der Waals surface area contributed by atoms with Crippen LogP contribution in [-0.2, 0) is 21.5 Å². The predicted molar refractivity (Wildman–Crippen MR) is 189 cm³/mol. The van der Waals surface area contributed by atoms with Crippen LogP contribution >= 0.6 is 0 Å². The molecule has 2 aromatic carbocycles. The number of ether oxygens (including phenoxy) is 1. The summed E-state index contributed by atoms with van der Waals surface area (Å²) in [5.74, 6) is 0.921. The van der Waals surface area contributed by atoms with Crippen LogP contribution in [0.1, 0.15) is 43.2 Å². The Kier molecular flexibility index (Phi) is 11.1. The van der Waals surface area contributed by atoms with Gasteiger partial charge in [-0.15, -0.1) is 0 Å². The molecular formula is C39H46N6O3. The van der Waals surface area contributed by atoms with Gasteiger partial charge in [-0.05, 0) is 112 Å². The van der Waals surface area contributed by atoms with Gasteiger partial charge >= 0.3 is 0 Å². The number of hydrogen-bond donors (Lipinski definition) is 2. The summed E-state index contributed by atoms with van der Waals surface area (Å²) < 4.78 is 5.56. The molecule has 0 radical (unpaired) electrons. The van der Waals surface area contributed by atoms with Crippen molar-refractivity contribution in [1.82, 2.24) is 19.8 Å². The van der Waals surface area contributed by atoms with E-state index in [1.807, 2.05) is 24.3 Å². The molecule has 9 nitrogen and oxygen atoms in total. The number of pyridine rings is 2. The van der Waals surface area contributed by atoms with E-state index in [0.717, 1.165) is 88.4 Å². The lowest BCUT2D eigenvalue weighted by Crippen LogP contribution is -2.57. The van der Waals surface area contributed by atoms with Crippen molar-refractivity contribution in [3.63, 3.8) is 0 Å². The van der Waals surface area contributed by atoms with Crippen LogP contribution in [0, 0.1) is 11.8 Å². The van der Waals surface area contributed by atoms with Gasteiger partial charge in [0.2, 0.25) is 11.8 Å². The van der Waals surface area contributed by atoms with Gasteiger partial charge in [0, 0.05) is 54.5 Å². The van der Waals surface area contributed by atoms with Gasteiger partial charge in [0.15, 0.2) is 0 Å². The molecule has 0 aliphatic carbocycles. The summed E-state index contributed by atoms with van der Waals surface area (Å²) in [4.78, 5) is 39.7. The number of amides is 2. The fourth-order valence-electron chi connectivity index (χ4n) is 7.30. The number of nitrogens with zero attached hydrogens (tertiary/aromatic N) is 4. The Morgan fingerprint density at radius 3 is 1.77 bits per heavy atom. The predicted octanol–water partition coefficient (Wildman–Crippen LogP) is 6.01. The van der Waals surface area contributed by atoms with Crippen molar-refractivity contribution >= 4 is 23.2 Å². The molecule has 0 saturated carbocycles. The number of piperidine rings is 2. The smallest absolute Gasteiger partial charge is 0.227 e. The molecule has 48 heavy (non-hydrogen) atoms. The number of nitrogens with one attached hydrogen (secondary N) is 2. The fourth-order valence-corrected chi connectivity index (χ4v) is 7.30. The zero-order valence-electron chi connectivity index (χ0n) is 27.8. The molecule has 2 fully saturated rings. The monoisotopic (exact) mass is 646 g/mol. The third-order valence-corrected chi connectivity index (χ3v) is 10.1. The highest BCUT2D eigenvalue weighted by Crippen LogP contribution is 2.39. The molecule has 2 aliphatic heterocycles. The second-order valence-corrected chi connectivity index (χ2v) is 13.0. The minimum atomic E-state index is -0.291. The molecule has 0 spiro atoms. The van der Waals surface area contributed by atoms with Crippen LogP contribution in [0.3, 0.4) is 0 Å². The summed E-state index contributed by atoms with van der Waals surface area (Å²) in [5, 5.41) is 6.17. The van der Waals surface area contributed by atoms with Gasteiger partial charge in [0.05, 0.1) is 12.6 Å². The highest BCUT2D eigenvalue weighted by molar-refractivity contribution is 5.93. The zero-order valence-corrected chi connectivity index (χ0v) is 27.8. The van der Waals surface area contributed by atoms with Gasteiger partial charge in [-0.2, -0.15) is 0 Å². The molecule has 2 N–H and O–H groups in total. The fraction of sp³-hybridized carbons (Fsp3) is 0.385. The van der Waals surface area contributed by atoms with E-state index < -0.39 is 0 Å². The summed E-state index contributed by atoms with van der Waals surface area (Å²) in [5.41, 5.74) is 3.85. The van der Waals surface area contributed by atoms with E-state index >= 15 is 0 Å². The minimum absolute atomic E-state index is 0.0243. The molecule has 4 aromatic rings. The van der Waals surface area contributed by atoms with E-state index in [2.05, 4.69) is 85.0 Å². The number of methoxy groups -OCH3 is 1. The van der Waals surface area contributed by atoms with E-state index in [0.29, 0.717) is 0 Å². The van der Waals surface area contributed by atoms with Crippen molar-refractivity contribution in [3.8, 4) is 5.75 Å². The SMILES string of the molecule is COc1ccc(C(CCc2ccccc2)(CN2CCC(C(=O)Nc3ccncc3)CC2)N2CCC(C(=O)Nc3ccncc3)CC2)cc1. The maximum absolute atomic E-state index is 13.3. The molecule has 6 rings (SSSR count). The number of aryl methyl sites for hydroxylation is 1. The van der Waals surface area contributed by atoms with Crippen LogP contribution in [0.4, 0.5) is 11.4 Å². The van der Waals surface area contributed by atoms with Gasteiger partial charge in [-0.25, -0.2) is 0 Å². The Morgan fingerprint density at radius 2 is 1.25 bits per heavy atom. The number of rotatable bonds is 12. The van der Waals surface area contributed by atoms with Crippen LogP contribution in [-0.4, -0.2) is 71.4 Å². The first-order valence-corrected chi connectivity index (χ1v) is 17.1.